The Bertz CT molecular complexity index is 478. The van der Waals surface area contributed by atoms with Gasteiger partial charge in [-0.05, 0) is 13.0 Å². The summed E-state index contributed by atoms with van der Waals surface area (Å²) in [4.78, 5) is 24.7. The second-order valence-corrected chi connectivity index (χ2v) is 3.00. The molecule has 0 spiro atoms. The van der Waals surface area contributed by atoms with Crippen molar-refractivity contribution in [2.45, 2.75) is 13.3 Å². The smallest absolute Gasteiger partial charge is 0.290 e. The van der Waals surface area contributed by atoms with E-state index in [4.69, 9.17) is 5.26 Å². The third-order valence-electron chi connectivity index (χ3n) is 1.79. The highest BCUT2D eigenvalue weighted by Gasteiger charge is 2.12. The molecule has 0 saturated heterocycles. The molecule has 0 bridgehead atoms. The molecule has 82 valence electrons. The van der Waals surface area contributed by atoms with E-state index in [0.29, 0.717) is 5.56 Å². The highest BCUT2D eigenvalue weighted by molar-refractivity contribution is 5.91. The van der Waals surface area contributed by atoms with Crippen LogP contribution in [-0.4, -0.2) is 15.8 Å². The molecule has 1 aromatic rings. The van der Waals surface area contributed by atoms with E-state index in [9.17, 15) is 14.9 Å². The number of amides is 1. The van der Waals surface area contributed by atoms with E-state index < -0.39 is 10.8 Å². The van der Waals surface area contributed by atoms with E-state index in [-0.39, 0.29) is 17.9 Å². The first kappa shape index (κ1) is 11.6. The number of nitrogens with zero attached hydrogens (tertiary/aromatic N) is 3. The van der Waals surface area contributed by atoms with E-state index in [0.717, 1.165) is 6.20 Å². The van der Waals surface area contributed by atoms with Gasteiger partial charge in [-0.15, -0.1) is 0 Å². The van der Waals surface area contributed by atoms with Crippen LogP contribution in [0.25, 0.3) is 0 Å². The minimum atomic E-state index is -0.552. The Balaban J connectivity index is 2.86. The molecule has 7 heteroatoms. The summed E-state index contributed by atoms with van der Waals surface area (Å²) in [6.07, 6.45) is 0.787. The summed E-state index contributed by atoms with van der Waals surface area (Å²) < 4.78 is 0. The number of anilines is 1. The van der Waals surface area contributed by atoms with Gasteiger partial charge < -0.3 is 5.32 Å². The zero-order chi connectivity index (χ0) is 12.1. The van der Waals surface area contributed by atoms with Crippen molar-refractivity contribution in [3.63, 3.8) is 0 Å². The number of rotatable bonds is 3. The fraction of sp³-hybridized carbons (Fsp3) is 0.222. The summed E-state index contributed by atoms with van der Waals surface area (Å²) in [5.41, 5.74) is 0.283. The lowest BCUT2D eigenvalue weighted by Crippen LogP contribution is -2.11. The van der Waals surface area contributed by atoms with Crippen LogP contribution in [-0.2, 0) is 4.79 Å². The summed E-state index contributed by atoms with van der Waals surface area (Å²) in [7, 11) is 0. The van der Waals surface area contributed by atoms with Crippen LogP contribution in [0.4, 0.5) is 11.5 Å². The topological polar surface area (TPSA) is 109 Å². The van der Waals surface area contributed by atoms with Crippen LogP contribution in [0.1, 0.15) is 12.0 Å². The van der Waals surface area contributed by atoms with E-state index in [1.807, 2.05) is 0 Å². The number of nitro groups is 1. The first-order valence-corrected chi connectivity index (χ1v) is 4.32. The third kappa shape index (κ3) is 2.75. The number of carbonyl (C=O) groups is 1. The van der Waals surface area contributed by atoms with Gasteiger partial charge in [-0.2, -0.15) is 5.26 Å². The average molecular weight is 220 g/mol. The molecular weight excluding hydrogens is 212 g/mol. The number of carbonyl (C=O) groups excluding carboxylic acids is 1. The molecule has 0 fully saturated rings. The van der Waals surface area contributed by atoms with Crippen molar-refractivity contribution in [1.29, 1.82) is 5.26 Å². The number of aromatic nitrogens is 1. The Morgan fingerprint density at radius 3 is 2.94 bits per heavy atom. The Morgan fingerprint density at radius 1 is 1.75 bits per heavy atom. The molecule has 16 heavy (non-hydrogen) atoms. The SMILES string of the molecule is Cc1cc(NC(=O)CC#N)ncc1[N+](=O)[O-]. The Morgan fingerprint density at radius 2 is 2.44 bits per heavy atom. The first-order chi connectivity index (χ1) is 7.54. The van der Waals surface area contributed by atoms with Gasteiger partial charge in [-0.3, -0.25) is 14.9 Å². The third-order valence-corrected chi connectivity index (χ3v) is 1.79. The lowest BCUT2D eigenvalue weighted by Gasteiger charge is -2.02. The Labute approximate surface area is 90.9 Å². The van der Waals surface area contributed by atoms with Crippen molar-refractivity contribution in [2.75, 3.05) is 5.32 Å². The minimum Gasteiger partial charge on any atom is -0.310 e. The maximum Gasteiger partial charge on any atom is 0.290 e. The molecule has 1 heterocycles. The molecule has 0 aliphatic heterocycles. The maximum atomic E-state index is 11.0. The summed E-state index contributed by atoms with van der Waals surface area (Å²) in [6, 6.07) is 3.07. The number of aryl methyl sites for hydroxylation is 1. The Kier molecular flexibility index (Phi) is 3.50. The largest absolute Gasteiger partial charge is 0.310 e. The van der Waals surface area contributed by atoms with E-state index >= 15 is 0 Å². The maximum absolute atomic E-state index is 11.0. The van der Waals surface area contributed by atoms with Crippen LogP contribution in [0.3, 0.4) is 0 Å². The van der Waals surface area contributed by atoms with E-state index in [1.54, 1.807) is 13.0 Å². The average Bonchev–Trinajstić information content (AvgIpc) is 2.17. The number of nitrogens with one attached hydrogen (secondary N) is 1. The zero-order valence-corrected chi connectivity index (χ0v) is 8.43. The molecule has 1 aromatic heterocycles. The molecule has 0 aliphatic rings. The van der Waals surface area contributed by atoms with Crippen LogP contribution in [0, 0.1) is 28.4 Å². The number of pyridine rings is 1. The normalized spacial score (nSPS) is 9.25. The van der Waals surface area contributed by atoms with Gasteiger partial charge >= 0.3 is 0 Å². The van der Waals surface area contributed by atoms with Crippen molar-refractivity contribution in [3.8, 4) is 6.07 Å². The molecule has 0 atom stereocenters. The lowest BCUT2D eigenvalue weighted by molar-refractivity contribution is -0.385. The molecule has 7 nitrogen and oxygen atoms in total. The van der Waals surface area contributed by atoms with Crippen molar-refractivity contribution in [3.05, 3.63) is 27.9 Å². The predicted molar refractivity (Wildman–Crippen MR) is 54.5 cm³/mol. The van der Waals surface area contributed by atoms with Crippen molar-refractivity contribution in [1.82, 2.24) is 4.98 Å². The van der Waals surface area contributed by atoms with Crippen LogP contribution in [0.15, 0.2) is 12.3 Å². The monoisotopic (exact) mass is 220 g/mol. The first-order valence-electron chi connectivity index (χ1n) is 4.32. The second kappa shape index (κ2) is 4.84. The number of hydrogen-bond donors (Lipinski definition) is 1. The number of hydrogen-bond acceptors (Lipinski definition) is 5. The molecule has 0 aliphatic carbocycles. The van der Waals surface area contributed by atoms with Gasteiger partial charge in [0.15, 0.2) is 0 Å². The fourth-order valence-corrected chi connectivity index (χ4v) is 1.07. The molecule has 0 aromatic carbocycles. The minimum absolute atomic E-state index is 0.113. The van der Waals surface area contributed by atoms with Gasteiger partial charge in [0.1, 0.15) is 18.4 Å². The molecule has 0 saturated carbocycles. The van der Waals surface area contributed by atoms with E-state index in [2.05, 4.69) is 10.3 Å². The van der Waals surface area contributed by atoms with Gasteiger partial charge in [0, 0.05) is 5.56 Å². The van der Waals surface area contributed by atoms with Gasteiger partial charge in [-0.1, -0.05) is 0 Å². The quantitative estimate of drug-likeness (QED) is 0.606. The molecule has 0 radical (unpaired) electrons. The van der Waals surface area contributed by atoms with Gasteiger partial charge in [0.25, 0.3) is 5.69 Å². The van der Waals surface area contributed by atoms with Crippen molar-refractivity contribution in [2.24, 2.45) is 0 Å². The van der Waals surface area contributed by atoms with Gasteiger partial charge in [-0.25, -0.2) is 4.98 Å². The molecule has 1 N–H and O–H groups in total. The summed E-state index contributed by atoms with van der Waals surface area (Å²) in [6.45, 7) is 1.54. The van der Waals surface area contributed by atoms with Crippen molar-refractivity contribution >= 4 is 17.4 Å². The summed E-state index contributed by atoms with van der Waals surface area (Å²) in [5, 5.41) is 21.1. The van der Waals surface area contributed by atoms with Crippen LogP contribution in [0.5, 0.6) is 0 Å². The van der Waals surface area contributed by atoms with Crippen LogP contribution >= 0.6 is 0 Å². The highest BCUT2D eigenvalue weighted by Crippen LogP contribution is 2.18. The molecule has 1 amide bonds. The van der Waals surface area contributed by atoms with Crippen LogP contribution in [0.2, 0.25) is 0 Å². The summed E-state index contributed by atoms with van der Waals surface area (Å²) >= 11 is 0. The second-order valence-electron chi connectivity index (χ2n) is 3.00. The van der Waals surface area contributed by atoms with Gasteiger partial charge in [0.2, 0.25) is 5.91 Å². The highest BCUT2D eigenvalue weighted by atomic mass is 16.6. The zero-order valence-electron chi connectivity index (χ0n) is 8.43. The number of nitriles is 1. The lowest BCUT2D eigenvalue weighted by atomic mass is 10.2. The molecular formula is C9H8N4O3. The standard InChI is InChI=1S/C9H8N4O3/c1-6-4-8(12-9(14)2-3-10)11-5-7(6)13(15)16/h4-5H,2H2,1H3,(H,11,12,14). The van der Waals surface area contributed by atoms with Crippen molar-refractivity contribution < 1.29 is 9.72 Å². The Hall–Kier alpha value is -2.49. The van der Waals surface area contributed by atoms with Crippen LogP contribution < -0.4 is 5.32 Å². The van der Waals surface area contributed by atoms with Gasteiger partial charge in [0.05, 0.1) is 11.0 Å². The summed E-state index contributed by atoms with van der Waals surface area (Å²) in [5.74, 6) is -0.299. The molecule has 0 unspecified atom stereocenters. The molecule has 1 rings (SSSR count). The fourth-order valence-electron chi connectivity index (χ4n) is 1.07. The predicted octanol–water partition coefficient (Wildman–Crippen LogP) is 1.15. The van der Waals surface area contributed by atoms with E-state index in [1.165, 1.54) is 6.07 Å².